The first-order valence-corrected chi connectivity index (χ1v) is 11.1. The number of carbonyl (C=O) groups excluding carboxylic acids is 2. The summed E-state index contributed by atoms with van der Waals surface area (Å²) in [5.41, 5.74) is 0. The molecule has 4 aromatic heterocycles. The van der Waals surface area contributed by atoms with E-state index in [4.69, 9.17) is 8.83 Å². The number of thiophene rings is 2. The quantitative estimate of drug-likeness (QED) is 0.239. The molecule has 4 heterocycles. The summed E-state index contributed by atoms with van der Waals surface area (Å²) in [6.45, 7) is 0. The molecule has 0 aliphatic carbocycles. The van der Waals surface area contributed by atoms with Crippen LogP contribution in [0, 0.1) is 0 Å². The number of hydrogen-bond donors (Lipinski definition) is 1. The fourth-order valence-electron chi connectivity index (χ4n) is 3.25. The van der Waals surface area contributed by atoms with E-state index in [1.54, 1.807) is 36.4 Å². The van der Waals surface area contributed by atoms with Gasteiger partial charge in [-0.25, -0.2) is 0 Å². The van der Waals surface area contributed by atoms with E-state index in [2.05, 4.69) is 0 Å². The zero-order valence-electron chi connectivity index (χ0n) is 15.8. The lowest BCUT2D eigenvalue weighted by molar-refractivity contribution is -0.171. The van der Waals surface area contributed by atoms with Crippen LogP contribution in [0.3, 0.4) is 0 Å². The zero-order chi connectivity index (χ0) is 20.9. The third-order valence-electron chi connectivity index (χ3n) is 4.73. The van der Waals surface area contributed by atoms with Gasteiger partial charge in [-0.15, -0.1) is 22.7 Å². The first-order chi connectivity index (χ1) is 14.6. The zero-order valence-corrected chi connectivity index (χ0v) is 17.5. The molecule has 0 saturated carbocycles. The minimum atomic E-state index is -0.777. The molecule has 1 N–H and O–H groups in total. The number of carbonyl (C=O) groups is 2. The molecule has 6 nitrogen and oxygen atoms in total. The molecular formula is C22H19NO5S2. The Morgan fingerprint density at radius 1 is 0.800 bits per heavy atom. The van der Waals surface area contributed by atoms with E-state index in [1.807, 2.05) is 22.9 Å². The monoisotopic (exact) mass is 441 g/mol. The summed E-state index contributed by atoms with van der Waals surface area (Å²) >= 11 is 2.69. The van der Waals surface area contributed by atoms with Gasteiger partial charge in [0, 0.05) is 12.8 Å². The van der Waals surface area contributed by atoms with Crippen LogP contribution in [0.5, 0.6) is 0 Å². The van der Waals surface area contributed by atoms with Crippen LogP contribution in [0.25, 0.3) is 0 Å². The number of Topliss-reactive ketones (excluding diaryl/α,β-unsaturated/α-hetero) is 2. The Kier molecular flexibility index (Phi) is 6.39. The summed E-state index contributed by atoms with van der Waals surface area (Å²) in [4.78, 5) is 26.8. The second kappa shape index (κ2) is 9.36. The Hall–Kier alpha value is -2.78. The molecule has 0 aromatic carbocycles. The van der Waals surface area contributed by atoms with Crippen molar-refractivity contribution in [3.05, 3.63) is 93.1 Å². The van der Waals surface area contributed by atoms with Crippen LogP contribution in [-0.4, -0.2) is 21.8 Å². The summed E-state index contributed by atoms with van der Waals surface area (Å²) in [5.74, 6) is 0.631. The molecule has 8 heteroatoms. The van der Waals surface area contributed by atoms with Crippen molar-refractivity contribution in [3.63, 3.8) is 0 Å². The Labute approximate surface area is 180 Å². The molecule has 0 spiro atoms. The number of hydrogen-bond acceptors (Lipinski definition) is 8. The normalized spacial score (nSPS) is 13.4. The maximum absolute atomic E-state index is 12.8. The van der Waals surface area contributed by atoms with Crippen molar-refractivity contribution in [1.82, 2.24) is 5.06 Å². The maximum atomic E-state index is 12.8. The van der Waals surface area contributed by atoms with Gasteiger partial charge in [-0.05, 0) is 47.2 Å². The van der Waals surface area contributed by atoms with Crippen molar-refractivity contribution in [1.29, 1.82) is 0 Å². The van der Waals surface area contributed by atoms with Gasteiger partial charge in [-0.1, -0.05) is 12.1 Å². The van der Waals surface area contributed by atoms with E-state index >= 15 is 0 Å². The smallest absolute Gasteiger partial charge is 0.174 e. The Balaban J connectivity index is 1.63. The van der Waals surface area contributed by atoms with Gasteiger partial charge in [0.05, 0.1) is 22.3 Å². The Morgan fingerprint density at radius 3 is 1.60 bits per heavy atom. The van der Waals surface area contributed by atoms with Gasteiger partial charge in [0.25, 0.3) is 0 Å². The summed E-state index contributed by atoms with van der Waals surface area (Å²) in [7, 11) is 0. The van der Waals surface area contributed by atoms with E-state index in [9.17, 15) is 14.8 Å². The van der Waals surface area contributed by atoms with Crippen molar-refractivity contribution in [2.45, 2.75) is 24.9 Å². The Bertz CT molecular complexity index is 967. The molecule has 0 fully saturated rings. The minimum absolute atomic E-state index is 0.00503. The molecule has 2 unspecified atom stereocenters. The van der Waals surface area contributed by atoms with Gasteiger partial charge in [0.2, 0.25) is 0 Å². The minimum Gasteiger partial charge on any atom is -0.468 e. The Morgan fingerprint density at radius 2 is 1.27 bits per heavy atom. The lowest BCUT2D eigenvalue weighted by Crippen LogP contribution is -2.32. The van der Waals surface area contributed by atoms with Gasteiger partial charge in [0.1, 0.15) is 23.6 Å². The van der Waals surface area contributed by atoms with Gasteiger partial charge in [0.15, 0.2) is 11.6 Å². The third-order valence-corrected chi connectivity index (χ3v) is 6.55. The van der Waals surface area contributed by atoms with E-state index < -0.39 is 12.1 Å². The lowest BCUT2D eigenvalue weighted by Gasteiger charge is -2.30. The highest BCUT2D eigenvalue weighted by Gasteiger charge is 2.34. The van der Waals surface area contributed by atoms with Crippen molar-refractivity contribution in [2.75, 3.05) is 0 Å². The molecule has 0 saturated heterocycles. The summed E-state index contributed by atoms with van der Waals surface area (Å²) < 4.78 is 11.0. The fourth-order valence-corrected chi connectivity index (χ4v) is 4.61. The van der Waals surface area contributed by atoms with Crippen LogP contribution < -0.4 is 0 Å². The molecule has 0 aliphatic rings. The third kappa shape index (κ3) is 4.52. The number of ketones is 2. The number of furan rings is 2. The highest BCUT2D eigenvalue weighted by Crippen LogP contribution is 2.36. The van der Waals surface area contributed by atoms with Gasteiger partial charge in [-0.2, -0.15) is 5.06 Å². The van der Waals surface area contributed by atoms with Crippen LogP contribution in [0.1, 0.15) is 55.8 Å². The van der Waals surface area contributed by atoms with E-state index in [0.717, 1.165) is 5.06 Å². The second-order valence-corrected chi connectivity index (χ2v) is 8.55. The van der Waals surface area contributed by atoms with E-state index in [1.165, 1.54) is 35.2 Å². The van der Waals surface area contributed by atoms with Crippen molar-refractivity contribution >= 4 is 34.2 Å². The number of rotatable bonds is 10. The van der Waals surface area contributed by atoms with Crippen molar-refractivity contribution in [2.24, 2.45) is 0 Å². The van der Waals surface area contributed by atoms with Crippen LogP contribution in [0.15, 0.2) is 80.7 Å². The SMILES string of the molecule is O=C(CC(c1ccco1)N(O)C(CC(=O)c1cccs1)c1ccco1)c1cccs1. The first kappa shape index (κ1) is 20.5. The first-order valence-electron chi connectivity index (χ1n) is 9.31. The standard InChI is InChI=1S/C22H19NO5S2/c24-17(21-7-3-11-29-21)13-15(19-5-1-9-27-19)23(26)16(20-6-2-10-28-20)14-18(25)22-8-4-12-30-22/h1-12,15-16,26H,13-14H2. The van der Waals surface area contributed by atoms with E-state index in [0.29, 0.717) is 21.3 Å². The molecule has 0 aliphatic heterocycles. The second-order valence-electron chi connectivity index (χ2n) is 6.65. The topological polar surface area (TPSA) is 83.9 Å². The number of nitrogens with zero attached hydrogens (tertiary/aromatic N) is 1. The summed E-state index contributed by atoms with van der Waals surface area (Å²) in [6, 6.07) is 12.4. The molecular weight excluding hydrogens is 422 g/mol. The highest BCUT2D eigenvalue weighted by molar-refractivity contribution is 7.12. The molecule has 30 heavy (non-hydrogen) atoms. The maximum Gasteiger partial charge on any atom is 0.174 e. The fraction of sp³-hybridized carbons (Fsp3) is 0.182. The molecule has 4 rings (SSSR count). The molecule has 0 bridgehead atoms. The molecule has 0 radical (unpaired) electrons. The average Bonchev–Trinajstić information content (AvgIpc) is 3.57. The molecule has 154 valence electrons. The van der Waals surface area contributed by atoms with Crippen LogP contribution >= 0.6 is 22.7 Å². The van der Waals surface area contributed by atoms with Crippen LogP contribution in [-0.2, 0) is 0 Å². The van der Waals surface area contributed by atoms with Gasteiger partial charge >= 0.3 is 0 Å². The average molecular weight is 442 g/mol. The van der Waals surface area contributed by atoms with Crippen LogP contribution in [0.2, 0.25) is 0 Å². The predicted octanol–water partition coefficient (Wildman–Crippen LogP) is 6.02. The largest absolute Gasteiger partial charge is 0.468 e. The lowest BCUT2D eigenvalue weighted by atomic mass is 10.0. The molecule has 0 amide bonds. The van der Waals surface area contributed by atoms with Crippen molar-refractivity contribution < 1.29 is 23.6 Å². The molecule has 2 atom stereocenters. The highest BCUT2D eigenvalue weighted by atomic mass is 32.1. The molecule has 4 aromatic rings. The van der Waals surface area contributed by atoms with Crippen molar-refractivity contribution in [3.8, 4) is 0 Å². The van der Waals surface area contributed by atoms with Crippen LogP contribution in [0.4, 0.5) is 0 Å². The summed E-state index contributed by atoms with van der Waals surface area (Å²) in [5, 5.41) is 15.9. The number of hydroxylamine groups is 2. The van der Waals surface area contributed by atoms with E-state index in [-0.39, 0.29) is 24.4 Å². The van der Waals surface area contributed by atoms with Gasteiger partial charge in [-0.3, -0.25) is 9.59 Å². The summed E-state index contributed by atoms with van der Waals surface area (Å²) in [6.07, 6.45) is 2.97. The predicted molar refractivity (Wildman–Crippen MR) is 113 cm³/mol. The van der Waals surface area contributed by atoms with Gasteiger partial charge < -0.3 is 14.0 Å².